The average Bonchev–Trinajstić information content (AvgIpc) is 3.52. The minimum absolute atomic E-state index is 0.0709. The second-order valence-corrected chi connectivity index (χ2v) is 8.21. The zero-order valence-corrected chi connectivity index (χ0v) is 18.0. The highest BCUT2D eigenvalue weighted by atomic mass is 32.1. The summed E-state index contributed by atoms with van der Waals surface area (Å²) in [4.78, 5) is 10.6. The van der Waals surface area contributed by atoms with Crippen molar-refractivity contribution in [2.45, 2.75) is 19.7 Å². The molecule has 0 amide bonds. The molecule has 0 radical (unpaired) electrons. The summed E-state index contributed by atoms with van der Waals surface area (Å²) in [6, 6.07) is 9.61. The van der Waals surface area contributed by atoms with E-state index in [1.165, 1.54) is 23.5 Å². The van der Waals surface area contributed by atoms with Gasteiger partial charge in [0.15, 0.2) is 5.75 Å². The first-order valence-corrected chi connectivity index (χ1v) is 10.7. The number of fused-ring (bicyclic) bond motifs is 1. The van der Waals surface area contributed by atoms with Crippen molar-refractivity contribution >= 4 is 22.8 Å². The van der Waals surface area contributed by atoms with E-state index in [9.17, 15) is 13.2 Å². The molecule has 166 valence electrons. The summed E-state index contributed by atoms with van der Waals surface area (Å²) >= 11 is 1.48. The highest BCUT2D eigenvalue weighted by Crippen LogP contribution is 2.42. The number of anilines is 2. The summed E-state index contributed by atoms with van der Waals surface area (Å²) in [6.07, 6.45) is -0.800. The maximum Gasteiger partial charge on any atom is 0.573 e. The van der Waals surface area contributed by atoms with Gasteiger partial charge in [-0.15, -0.1) is 24.5 Å². The number of hydrogen-bond acceptors (Lipinski definition) is 7. The third-order valence-corrected chi connectivity index (χ3v) is 5.94. The number of benzene rings is 1. The zero-order chi connectivity index (χ0) is 23.2. The second-order valence-electron chi connectivity index (χ2n) is 7.31. The van der Waals surface area contributed by atoms with Crippen molar-refractivity contribution in [2.75, 3.05) is 11.4 Å². The van der Waals surface area contributed by atoms with E-state index in [-0.39, 0.29) is 11.3 Å². The highest BCUT2D eigenvalue weighted by Gasteiger charge is 2.35. The molecule has 1 aliphatic heterocycles. The Kier molecular flexibility index (Phi) is 5.02. The molecule has 0 spiro atoms. The Morgan fingerprint density at radius 2 is 2.03 bits per heavy atom. The predicted octanol–water partition coefficient (Wildman–Crippen LogP) is 5.16. The zero-order valence-electron chi connectivity index (χ0n) is 17.2. The number of nitriles is 1. The van der Waals surface area contributed by atoms with Gasteiger partial charge in [0.25, 0.3) is 0 Å². The van der Waals surface area contributed by atoms with E-state index in [2.05, 4.69) is 19.8 Å². The van der Waals surface area contributed by atoms with Gasteiger partial charge in [-0.3, -0.25) is 0 Å². The van der Waals surface area contributed by atoms with Gasteiger partial charge in [-0.25, -0.2) is 14.6 Å². The van der Waals surface area contributed by atoms with Gasteiger partial charge >= 0.3 is 6.36 Å². The van der Waals surface area contributed by atoms with Crippen LogP contribution in [0.4, 0.5) is 24.7 Å². The predicted molar refractivity (Wildman–Crippen MR) is 116 cm³/mol. The third-order valence-electron chi connectivity index (χ3n) is 5.14. The SMILES string of the molecule is Cc1cc(-n2ccc(-c3nccs3)n2)c2c(n1)N(c1ccc(C#N)cc1OC(F)(F)F)CC2. The van der Waals surface area contributed by atoms with Crippen LogP contribution in [-0.2, 0) is 6.42 Å². The molecular formula is C22H15F3N6OS. The lowest BCUT2D eigenvalue weighted by Gasteiger charge is -2.23. The van der Waals surface area contributed by atoms with Gasteiger partial charge in [0.1, 0.15) is 16.5 Å². The molecule has 4 aromatic rings. The number of hydrogen-bond donors (Lipinski definition) is 0. The molecule has 3 aromatic heterocycles. The Morgan fingerprint density at radius 1 is 1.18 bits per heavy atom. The maximum absolute atomic E-state index is 13.1. The molecule has 0 saturated carbocycles. The van der Waals surface area contributed by atoms with Crippen molar-refractivity contribution in [2.24, 2.45) is 0 Å². The summed E-state index contributed by atoms with van der Waals surface area (Å²) in [5.74, 6) is 0.0948. The Balaban J connectivity index is 1.58. The highest BCUT2D eigenvalue weighted by molar-refractivity contribution is 7.13. The average molecular weight is 468 g/mol. The van der Waals surface area contributed by atoms with Crippen molar-refractivity contribution in [3.63, 3.8) is 0 Å². The molecule has 0 bridgehead atoms. The lowest BCUT2D eigenvalue weighted by molar-refractivity contribution is -0.274. The van der Waals surface area contributed by atoms with Crippen molar-refractivity contribution in [3.05, 3.63) is 64.9 Å². The van der Waals surface area contributed by atoms with E-state index < -0.39 is 12.1 Å². The first-order valence-electron chi connectivity index (χ1n) is 9.86. The van der Waals surface area contributed by atoms with Crippen LogP contribution in [-0.4, -0.2) is 32.7 Å². The third kappa shape index (κ3) is 4.01. The van der Waals surface area contributed by atoms with E-state index in [1.807, 2.05) is 36.7 Å². The van der Waals surface area contributed by atoms with Crippen molar-refractivity contribution < 1.29 is 17.9 Å². The van der Waals surface area contributed by atoms with Gasteiger partial charge in [-0.2, -0.15) is 10.4 Å². The summed E-state index contributed by atoms with van der Waals surface area (Å²) < 4.78 is 45.1. The number of pyridine rings is 1. The lowest BCUT2D eigenvalue weighted by atomic mass is 10.1. The topological polar surface area (TPSA) is 79.9 Å². The molecule has 4 heterocycles. The molecule has 0 saturated heterocycles. The fourth-order valence-electron chi connectivity index (χ4n) is 3.83. The first-order chi connectivity index (χ1) is 15.8. The van der Waals surface area contributed by atoms with Crippen molar-refractivity contribution in [1.29, 1.82) is 5.26 Å². The van der Waals surface area contributed by atoms with Crippen LogP contribution in [0.1, 0.15) is 16.8 Å². The Morgan fingerprint density at radius 3 is 2.76 bits per heavy atom. The van der Waals surface area contributed by atoms with E-state index in [1.54, 1.807) is 15.8 Å². The summed E-state index contributed by atoms with van der Waals surface area (Å²) in [7, 11) is 0. The van der Waals surface area contributed by atoms with Crippen LogP contribution in [0.2, 0.25) is 0 Å². The molecule has 0 atom stereocenters. The summed E-state index contributed by atoms with van der Waals surface area (Å²) in [6.45, 7) is 2.22. The van der Waals surface area contributed by atoms with Crippen LogP contribution < -0.4 is 9.64 Å². The number of nitrogens with zero attached hydrogens (tertiary/aromatic N) is 6. The van der Waals surface area contributed by atoms with Crippen molar-refractivity contribution in [3.8, 4) is 28.2 Å². The van der Waals surface area contributed by atoms with Crippen LogP contribution in [0, 0.1) is 18.3 Å². The molecule has 11 heteroatoms. The van der Waals surface area contributed by atoms with E-state index in [0.717, 1.165) is 28.0 Å². The summed E-state index contributed by atoms with van der Waals surface area (Å²) in [5, 5.41) is 16.4. The normalized spacial score (nSPS) is 13.1. The Hall–Kier alpha value is -3.91. The van der Waals surface area contributed by atoms with Gasteiger partial charge in [0.05, 0.1) is 23.0 Å². The monoisotopic (exact) mass is 468 g/mol. The van der Waals surface area contributed by atoms with Gasteiger partial charge in [0, 0.05) is 41.6 Å². The fraction of sp³-hybridized carbons (Fsp3) is 0.182. The maximum atomic E-state index is 13.1. The standard InChI is InChI=1S/C22H15F3N6OS/c1-13-10-18(31-8-5-16(29-31)21-27-6-9-33-21)15-4-7-30(20(15)28-13)17-3-2-14(12-26)11-19(17)32-22(23,24)25/h2-3,5-6,8-11H,4,7H2,1H3. The fourth-order valence-corrected chi connectivity index (χ4v) is 4.44. The number of rotatable bonds is 4. The second kappa shape index (κ2) is 7.90. The van der Waals surface area contributed by atoms with Gasteiger partial charge in [0.2, 0.25) is 0 Å². The smallest absolute Gasteiger partial charge is 0.404 e. The quantitative estimate of drug-likeness (QED) is 0.412. The van der Waals surface area contributed by atoms with Crippen LogP contribution >= 0.6 is 11.3 Å². The van der Waals surface area contributed by atoms with Crippen molar-refractivity contribution in [1.82, 2.24) is 19.7 Å². The van der Waals surface area contributed by atoms with Gasteiger partial charge in [-0.1, -0.05) is 0 Å². The lowest BCUT2D eigenvalue weighted by Crippen LogP contribution is -2.21. The number of ether oxygens (including phenoxy) is 1. The van der Waals surface area contributed by atoms with E-state index in [4.69, 9.17) is 5.26 Å². The molecule has 0 N–H and O–H groups in total. The minimum Gasteiger partial charge on any atom is -0.404 e. The largest absolute Gasteiger partial charge is 0.573 e. The molecule has 1 aromatic carbocycles. The Labute approximate surface area is 190 Å². The van der Waals surface area contributed by atoms with E-state index in [0.29, 0.717) is 24.5 Å². The molecule has 0 aliphatic carbocycles. The number of halogens is 3. The molecular weight excluding hydrogens is 453 g/mol. The molecule has 7 nitrogen and oxygen atoms in total. The number of thiazole rings is 1. The molecule has 0 unspecified atom stereocenters. The molecule has 1 aliphatic rings. The number of alkyl halides is 3. The summed E-state index contributed by atoms with van der Waals surface area (Å²) in [5.41, 5.74) is 3.34. The van der Waals surface area contributed by atoms with Gasteiger partial charge < -0.3 is 9.64 Å². The molecule has 33 heavy (non-hydrogen) atoms. The first kappa shape index (κ1) is 21.0. The van der Waals surface area contributed by atoms with Crippen LogP contribution in [0.3, 0.4) is 0 Å². The van der Waals surface area contributed by atoms with Crippen LogP contribution in [0.25, 0.3) is 16.4 Å². The van der Waals surface area contributed by atoms with E-state index >= 15 is 0 Å². The van der Waals surface area contributed by atoms with Crippen LogP contribution in [0.15, 0.2) is 48.1 Å². The number of aryl methyl sites for hydroxylation is 1. The minimum atomic E-state index is -4.89. The van der Waals surface area contributed by atoms with Gasteiger partial charge in [-0.05, 0) is 37.6 Å². The number of aromatic nitrogens is 4. The van der Waals surface area contributed by atoms with Crippen LogP contribution in [0.5, 0.6) is 5.75 Å². The molecule has 0 fully saturated rings. The molecule has 5 rings (SSSR count). The Bertz CT molecular complexity index is 1370.